The van der Waals surface area contributed by atoms with Crippen LogP contribution < -0.4 is 10.9 Å². The Morgan fingerprint density at radius 3 is 2.82 bits per heavy atom. The summed E-state index contributed by atoms with van der Waals surface area (Å²) < 4.78 is 3.29. The van der Waals surface area contributed by atoms with Crippen LogP contribution in [0, 0.1) is 6.92 Å². The highest BCUT2D eigenvalue weighted by Gasteiger charge is 2.08. The zero-order valence-corrected chi connectivity index (χ0v) is 10.1. The standard InChI is InChI=1S/C11H15N5O/c1-4-16-6-5-12-10(11(16)17)13-9-7-15(3)14-8(9)2/h5-7H,4H2,1-3H3,(H,12,13). The lowest BCUT2D eigenvalue weighted by Gasteiger charge is -2.05. The van der Waals surface area contributed by atoms with E-state index in [0.717, 1.165) is 11.4 Å². The molecule has 6 heteroatoms. The number of aryl methyl sites for hydroxylation is 3. The zero-order valence-electron chi connectivity index (χ0n) is 10.1. The molecule has 0 atom stereocenters. The Hall–Kier alpha value is -2.11. The van der Waals surface area contributed by atoms with Crippen molar-refractivity contribution in [3.05, 3.63) is 34.6 Å². The van der Waals surface area contributed by atoms with Crippen LogP contribution in [-0.2, 0) is 13.6 Å². The molecular formula is C11H15N5O. The maximum atomic E-state index is 11.9. The first-order valence-electron chi connectivity index (χ1n) is 5.44. The van der Waals surface area contributed by atoms with Gasteiger partial charge < -0.3 is 9.88 Å². The minimum atomic E-state index is -0.127. The minimum absolute atomic E-state index is 0.127. The lowest BCUT2D eigenvalue weighted by molar-refractivity contribution is 0.720. The summed E-state index contributed by atoms with van der Waals surface area (Å²) in [6.45, 7) is 4.42. The Morgan fingerprint density at radius 2 is 2.24 bits per heavy atom. The molecule has 2 aromatic heterocycles. The van der Waals surface area contributed by atoms with Crippen LogP contribution in [0.2, 0.25) is 0 Å². The van der Waals surface area contributed by atoms with Crippen LogP contribution in [0.25, 0.3) is 0 Å². The number of nitrogens with zero attached hydrogens (tertiary/aromatic N) is 4. The lowest BCUT2D eigenvalue weighted by atomic mass is 10.4. The summed E-state index contributed by atoms with van der Waals surface area (Å²) in [5, 5.41) is 7.21. The minimum Gasteiger partial charge on any atom is -0.333 e. The number of hydrogen-bond acceptors (Lipinski definition) is 4. The van der Waals surface area contributed by atoms with Crippen molar-refractivity contribution in [3.63, 3.8) is 0 Å². The van der Waals surface area contributed by atoms with Gasteiger partial charge in [-0.2, -0.15) is 5.10 Å². The zero-order chi connectivity index (χ0) is 12.4. The van der Waals surface area contributed by atoms with Crippen LogP contribution in [0.5, 0.6) is 0 Å². The van der Waals surface area contributed by atoms with Crippen LogP contribution in [0.15, 0.2) is 23.4 Å². The van der Waals surface area contributed by atoms with E-state index in [1.807, 2.05) is 27.1 Å². The number of aromatic nitrogens is 4. The number of anilines is 2. The van der Waals surface area contributed by atoms with Crippen LogP contribution in [0.3, 0.4) is 0 Å². The van der Waals surface area contributed by atoms with Crippen molar-refractivity contribution in [3.8, 4) is 0 Å². The van der Waals surface area contributed by atoms with Crippen molar-refractivity contribution in [2.75, 3.05) is 5.32 Å². The summed E-state index contributed by atoms with van der Waals surface area (Å²) in [5.41, 5.74) is 1.50. The fraction of sp³-hybridized carbons (Fsp3) is 0.364. The third-order valence-electron chi connectivity index (χ3n) is 2.52. The van der Waals surface area contributed by atoms with Gasteiger partial charge in [0.2, 0.25) is 0 Å². The number of hydrogen-bond donors (Lipinski definition) is 1. The Balaban J connectivity index is 2.37. The quantitative estimate of drug-likeness (QED) is 0.860. The SMILES string of the molecule is CCn1ccnc(Nc2cn(C)nc2C)c1=O. The van der Waals surface area contributed by atoms with Gasteiger partial charge in [-0.25, -0.2) is 4.98 Å². The Kier molecular flexibility index (Phi) is 2.95. The molecule has 2 rings (SSSR count). The van der Waals surface area contributed by atoms with Crippen LogP contribution in [0.4, 0.5) is 11.5 Å². The smallest absolute Gasteiger partial charge is 0.293 e. The van der Waals surface area contributed by atoms with E-state index in [2.05, 4.69) is 15.4 Å². The summed E-state index contributed by atoms with van der Waals surface area (Å²) in [7, 11) is 1.83. The number of nitrogens with one attached hydrogen (secondary N) is 1. The topological polar surface area (TPSA) is 64.7 Å². The van der Waals surface area contributed by atoms with E-state index in [4.69, 9.17) is 0 Å². The first-order chi connectivity index (χ1) is 8.11. The summed E-state index contributed by atoms with van der Waals surface area (Å²) in [6, 6.07) is 0. The van der Waals surface area contributed by atoms with E-state index in [1.54, 1.807) is 21.6 Å². The lowest BCUT2D eigenvalue weighted by Crippen LogP contribution is -2.22. The molecule has 2 heterocycles. The first-order valence-corrected chi connectivity index (χ1v) is 5.44. The second kappa shape index (κ2) is 4.40. The van der Waals surface area contributed by atoms with E-state index in [1.165, 1.54) is 0 Å². The fourth-order valence-corrected chi connectivity index (χ4v) is 1.63. The fourth-order valence-electron chi connectivity index (χ4n) is 1.63. The van der Waals surface area contributed by atoms with Gasteiger partial charge >= 0.3 is 0 Å². The van der Waals surface area contributed by atoms with Gasteiger partial charge in [0, 0.05) is 32.2 Å². The maximum Gasteiger partial charge on any atom is 0.293 e. The Labute approximate surface area is 98.9 Å². The molecule has 0 radical (unpaired) electrons. The Bertz CT molecular complexity index is 584. The van der Waals surface area contributed by atoms with Gasteiger partial charge in [0.05, 0.1) is 11.4 Å². The van der Waals surface area contributed by atoms with E-state index >= 15 is 0 Å². The van der Waals surface area contributed by atoms with Crippen molar-refractivity contribution in [1.82, 2.24) is 19.3 Å². The summed E-state index contributed by atoms with van der Waals surface area (Å²) >= 11 is 0. The van der Waals surface area contributed by atoms with Gasteiger partial charge in [0.1, 0.15) is 0 Å². The predicted molar refractivity (Wildman–Crippen MR) is 65.4 cm³/mol. The van der Waals surface area contributed by atoms with E-state index in [9.17, 15) is 4.79 Å². The van der Waals surface area contributed by atoms with Crippen molar-refractivity contribution in [2.45, 2.75) is 20.4 Å². The summed E-state index contributed by atoms with van der Waals surface area (Å²) in [4.78, 5) is 16.0. The molecule has 0 fully saturated rings. The molecule has 0 unspecified atom stereocenters. The third-order valence-corrected chi connectivity index (χ3v) is 2.52. The molecule has 0 aliphatic rings. The normalized spacial score (nSPS) is 10.5. The summed E-state index contributed by atoms with van der Waals surface area (Å²) in [6.07, 6.45) is 5.10. The predicted octanol–water partition coefficient (Wildman–Crippen LogP) is 1.05. The van der Waals surface area contributed by atoms with E-state index in [-0.39, 0.29) is 5.56 Å². The van der Waals surface area contributed by atoms with Gasteiger partial charge in [0.15, 0.2) is 5.82 Å². The highest BCUT2D eigenvalue weighted by molar-refractivity contribution is 5.56. The second-order valence-electron chi connectivity index (χ2n) is 3.79. The molecule has 0 amide bonds. The molecule has 2 aromatic rings. The van der Waals surface area contributed by atoms with Gasteiger partial charge in [0.25, 0.3) is 5.56 Å². The monoisotopic (exact) mass is 233 g/mol. The van der Waals surface area contributed by atoms with Crippen molar-refractivity contribution >= 4 is 11.5 Å². The van der Waals surface area contributed by atoms with Crippen molar-refractivity contribution < 1.29 is 0 Å². The van der Waals surface area contributed by atoms with Crippen LogP contribution >= 0.6 is 0 Å². The van der Waals surface area contributed by atoms with Crippen LogP contribution in [-0.4, -0.2) is 19.3 Å². The van der Waals surface area contributed by atoms with Gasteiger partial charge in [-0.1, -0.05) is 0 Å². The molecule has 0 spiro atoms. The van der Waals surface area contributed by atoms with Gasteiger partial charge in [-0.05, 0) is 13.8 Å². The highest BCUT2D eigenvalue weighted by atomic mass is 16.1. The van der Waals surface area contributed by atoms with Crippen LogP contribution in [0.1, 0.15) is 12.6 Å². The molecule has 6 nitrogen and oxygen atoms in total. The molecule has 17 heavy (non-hydrogen) atoms. The molecule has 1 N–H and O–H groups in total. The molecule has 0 saturated heterocycles. The van der Waals surface area contributed by atoms with Gasteiger partial charge in [-0.3, -0.25) is 9.48 Å². The summed E-state index contributed by atoms with van der Waals surface area (Å²) in [5.74, 6) is 0.324. The largest absolute Gasteiger partial charge is 0.333 e. The molecule has 90 valence electrons. The molecular weight excluding hydrogens is 218 g/mol. The van der Waals surface area contributed by atoms with E-state index < -0.39 is 0 Å². The Morgan fingerprint density at radius 1 is 1.47 bits per heavy atom. The molecule has 0 bridgehead atoms. The average molecular weight is 233 g/mol. The van der Waals surface area contributed by atoms with Gasteiger partial charge in [-0.15, -0.1) is 0 Å². The van der Waals surface area contributed by atoms with E-state index in [0.29, 0.717) is 12.4 Å². The molecule has 0 aliphatic carbocycles. The third kappa shape index (κ3) is 2.20. The van der Waals surface area contributed by atoms with Crippen molar-refractivity contribution in [1.29, 1.82) is 0 Å². The highest BCUT2D eigenvalue weighted by Crippen LogP contribution is 2.14. The first kappa shape index (κ1) is 11.4. The number of rotatable bonds is 3. The molecule has 0 aromatic carbocycles. The van der Waals surface area contributed by atoms with Crippen molar-refractivity contribution in [2.24, 2.45) is 7.05 Å². The maximum absolute atomic E-state index is 11.9. The molecule has 0 aliphatic heterocycles. The molecule has 0 saturated carbocycles. The second-order valence-corrected chi connectivity index (χ2v) is 3.79. The average Bonchev–Trinajstić information content (AvgIpc) is 2.60.